The van der Waals surface area contributed by atoms with Crippen molar-refractivity contribution in [1.29, 1.82) is 0 Å². The van der Waals surface area contributed by atoms with Crippen molar-refractivity contribution in [3.8, 4) is 0 Å². The highest BCUT2D eigenvalue weighted by atomic mass is 16.2. The van der Waals surface area contributed by atoms with E-state index >= 15 is 0 Å². The largest absolute Gasteiger partial charge is 0.298 e. The standard InChI is InChI=1S/C10H9N3O/c1-6-9(14)12-10-11-7-4-2-3-5-8(7)13(6)10/h2-6H,1H3,(H,11,12,14)/t6-/m1/s1. The first kappa shape index (κ1) is 7.55. The lowest BCUT2D eigenvalue weighted by Gasteiger charge is -2.03. The van der Waals surface area contributed by atoms with Gasteiger partial charge in [0.1, 0.15) is 6.04 Å². The predicted molar refractivity (Wildman–Crippen MR) is 53.1 cm³/mol. The average Bonchev–Trinajstić information content (AvgIpc) is 2.65. The van der Waals surface area contributed by atoms with Crippen LogP contribution in [0.2, 0.25) is 0 Å². The molecule has 4 heteroatoms. The van der Waals surface area contributed by atoms with Gasteiger partial charge in [0, 0.05) is 0 Å². The van der Waals surface area contributed by atoms with Gasteiger partial charge in [0.15, 0.2) is 0 Å². The van der Waals surface area contributed by atoms with E-state index in [4.69, 9.17) is 0 Å². The molecule has 0 unspecified atom stereocenters. The highest BCUT2D eigenvalue weighted by Gasteiger charge is 2.28. The van der Waals surface area contributed by atoms with Crippen LogP contribution in [-0.4, -0.2) is 15.5 Å². The Hall–Kier alpha value is -1.84. The third-order valence-corrected chi connectivity index (χ3v) is 2.60. The van der Waals surface area contributed by atoms with E-state index in [1.54, 1.807) is 0 Å². The molecular weight excluding hydrogens is 178 g/mol. The van der Waals surface area contributed by atoms with E-state index in [9.17, 15) is 4.79 Å². The molecule has 0 saturated carbocycles. The molecule has 2 heterocycles. The van der Waals surface area contributed by atoms with Crippen LogP contribution in [0.4, 0.5) is 5.95 Å². The molecule has 1 N–H and O–H groups in total. The Morgan fingerprint density at radius 1 is 1.43 bits per heavy atom. The Morgan fingerprint density at radius 2 is 2.21 bits per heavy atom. The minimum atomic E-state index is -0.155. The van der Waals surface area contributed by atoms with Gasteiger partial charge in [-0.05, 0) is 19.1 Å². The van der Waals surface area contributed by atoms with Crippen LogP contribution in [0.5, 0.6) is 0 Å². The number of fused-ring (bicyclic) bond motifs is 3. The fourth-order valence-corrected chi connectivity index (χ4v) is 1.86. The number of hydrogen-bond donors (Lipinski definition) is 1. The minimum absolute atomic E-state index is 0.0123. The van der Waals surface area contributed by atoms with Gasteiger partial charge < -0.3 is 0 Å². The fraction of sp³-hybridized carbons (Fsp3) is 0.200. The molecule has 1 atom stereocenters. The summed E-state index contributed by atoms with van der Waals surface area (Å²) in [6.45, 7) is 1.87. The Labute approximate surface area is 80.6 Å². The number of nitrogens with zero attached hydrogens (tertiary/aromatic N) is 2. The minimum Gasteiger partial charge on any atom is -0.298 e. The lowest BCUT2D eigenvalue weighted by Crippen LogP contribution is -2.11. The Balaban J connectivity index is 2.37. The van der Waals surface area contributed by atoms with Crippen LogP contribution in [-0.2, 0) is 4.79 Å². The Morgan fingerprint density at radius 3 is 3.07 bits per heavy atom. The van der Waals surface area contributed by atoms with Gasteiger partial charge in [-0.1, -0.05) is 12.1 Å². The van der Waals surface area contributed by atoms with E-state index in [2.05, 4.69) is 10.3 Å². The maximum atomic E-state index is 11.4. The number of anilines is 1. The molecule has 0 bridgehead atoms. The molecule has 0 aliphatic carbocycles. The summed E-state index contributed by atoms with van der Waals surface area (Å²) < 4.78 is 1.93. The molecule has 1 aliphatic heterocycles. The van der Waals surface area contributed by atoms with E-state index in [1.807, 2.05) is 35.8 Å². The van der Waals surface area contributed by atoms with Gasteiger partial charge in [-0.3, -0.25) is 14.7 Å². The Kier molecular flexibility index (Phi) is 1.27. The SMILES string of the molecule is C[C@@H]1C(=O)Nc2nc3ccccc3n21. The molecule has 0 radical (unpaired) electrons. The maximum Gasteiger partial charge on any atom is 0.249 e. The summed E-state index contributed by atoms with van der Waals surface area (Å²) in [5, 5.41) is 2.75. The summed E-state index contributed by atoms with van der Waals surface area (Å²) in [4.78, 5) is 15.7. The normalized spacial score (nSPS) is 19.8. The lowest BCUT2D eigenvalue weighted by atomic mass is 10.3. The lowest BCUT2D eigenvalue weighted by molar-refractivity contribution is -0.117. The number of hydrogen-bond acceptors (Lipinski definition) is 2. The van der Waals surface area contributed by atoms with Gasteiger partial charge in [-0.2, -0.15) is 0 Å². The summed E-state index contributed by atoms with van der Waals surface area (Å²) in [6.07, 6.45) is 0. The van der Waals surface area contributed by atoms with Gasteiger partial charge in [0.05, 0.1) is 11.0 Å². The van der Waals surface area contributed by atoms with E-state index in [1.165, 1.54) is 0 Å². The summed E-state index contributed by atoms with van der Waals surface area (Å²) in [7, 11) is 0. The zero-order valence-electron chi connectivity index (χ0n) is 7.69. The van der Waals surface area contributed by atoms with Crippen LogP contribution >= 0.6 is 0 Å². The van der Waals surface area contributed by atoms with E-state index in [0.29, 0.717) is 5.95 Å². The molecule has 70 valence electrons. The zero-order chi connectivity index (χ0) is 9.71. The third-order valence-electron chi connectivity index (χ3n) is 2.60. The molecule has 14 heavy (non-hydrogen) atoms. The van der Waals surface area contributed by atoms with Crippen molar-refractivity contribution in [2.75, 3.05) is 5.32 Å². The number of benzene rings is 1. The van der Waals surface area contributed by atoms with Crippen molar-refractivity contribution in [3.05, 3.63) is 24.3 Å². The first-order valence-corrected chi connectivity index (χ1v) is 4.55. The monoisotopic (exact) mass is 187 g/mol. The summed E-state index contributed by atoms with van der Waals surface area (Å²) in [6, 6.07) is 7.66. The summed E-state index contributed by atoms with van der Waals surface area (Å²) >= 11 is 0. The second-order valence-electron chi connectivity index (χ2n) is 3.46. The van der Waals surface area contributed by atoms with Gasteiger partial charge in [0.2, 0.25) is 11.9 Å². The fourth-order valence-electron chi connectivity index (χ4n) is 1.86. The van der Waals surface area contributed by atoms with E-state index in [-0.39, 0.29) is 11.9 Å². The molecule has 0 fully saturated rings. The number of aromatic nitrogens is 2. The molecule has 1 aromatic heterocycles. The first-order valence-electron chi connectivity index (χ1n) is 4.55. The predicted octanol–water partition coefficient (Wildman–Crippen LogP) is 1.55. The zero-order valence-corrected chi connectivity index (χ0v) is 7.69. The number of para-hydroxylation sites is 2. The van der Waals surface area contributed by atoms with E-state index in [0.717, 1.165) is 11.0 Å². The molecule has 3 rings (SSSR count). The van der Waals surface area contributed by atoms with Gasteiger partial charge in [-0.15, -0.1) is 0 Å². The number of carbonyl (C=O) groups is 1. The molecule has 1 amide bonds. The van der Waals surface area contributed by atoms with Gasteiger partial charge >= 0.3 is 0 Å². The van der Waals surface area contributed by atoms with Crippen molar-refractivity contribution in [1.82, 2.24) is 9.55 Å². The second-order valence-corrected chi connectivity index (χ2v) is 3.46. The van der Waals surface area contributed by atoms with Crippen molar-refractivity contribution in [2.24, 2.45) is 0 Å². The number of rotatable bonds is 0. The maximum absolute atomic E-state index is 11.4. The summed E-state index contributed by atoms with van der Waals surface area (Å²) in [5.74, 6) is 0.668. The van der Waals surface area contributed by atoms with Crippen LogP contribution in [0.25, 0.3) is 11.0 Å². The van der Waals surface area contributed by atoms with Crippen molar-refractivity contribution >= 4 is 22.9 Å². The molecule has 1 aromatic carbocycles. The number of nitrogens with one attached hydrogen (secondary N) is 1. The Bertz CT molecular complexity index is 529. The summed E-state index contributed by atoms with van der Waals surface area (Å²) in [5.41, 5.74) is 1.93. The van der Waals surface area contributed by atoms with Gasteiger partial charge in [-0.25, -0.2) is 4.98 Å². The number of imidazole rings is 1. The van der Waals surface area contributed by atoms with Crippen molar-refractivity contribution in [2.45, 2.75) is 13.0 Å². The van der Waals surface area contributed by atoms with Gasteiger partial charge in [0.25, 0.3) is 0 Å². The molecular formula is C10H9N3O. The topological polar surface area (TPSA) is 46.9 Å². The van der Waals surface area contributed by atoms with E-state index < -0.39 is 0 Å². The average molecular weight is 187 g/mol. The molecule has 2 aromatic rings. The molecule has 1 aliphatic rings. The smallest absolute Gasteiger partial charge is 0.249 e. The number of carbonyl (C=O) groups excluding carboxylic acids is 1. The third kappa shape index (κ3) is 0.775. The molecule has 0 spiro atoms. The molecule has 0 saturated heterocycles. The quantitative estimate of drug-likeness (QED) is 0.680. The van der Waals surface area contributed by atoms with Crippen molar-refractivity contribution < 1.29 is 4.79 Å². The van der Waals surface area contributed by atoms with Crippen LogP contribution in [0.1, 0.15) is 13.0 Å². The second kappa shape index (κ2) is 2.35. The van der Waals surface area contributed by atoms with Crippen LogP contribution < -0.4 is 5.32 Å². The highest BCUT2D eigenvalue weighted by molar-refractivity contribution is 5.99. The van der Waals surface area contributed by atoms with Crippen molar-refractivity contribution in [3.63, 3.8) is 0 Å². The number of amides is 1. The first-order chi connectivity index (χ1) is 6.77. The highest BCUT2D eigenvalue weighted by Crippen LogP contribution is 2.29. The van der Waals surface area contributed by atoms with Crippen LogP contribution in [0.3, 0.4) is 0 Å². The van der Waals surface area contributed by atoms with Crippen LogP contribution in [0.15, 0.2) is 24.3 Å². The van der Waals surface area contributed by atoms with Crippen LogP contribution in [0, 0.1) is 0 Å². The molecule has 4 nitrogen and oxygen atoms in total.